The Hall–Kier alpha value is -4.00. The van der Waals surface area contributed by atoms with Crippen molar-refractivity contribution >= 4 is 28.5 Å². The summed E-state index contributed by atoms with van der Waals surface area (Å²) in [5.41, 5.74) is 6.28. The molecule has 2 aromatic heterocycles. The molecule has 0 aliphatic heterocycles. The number of rotatable bonds is 9. The van der Waals surface area contributed by atoms with E-state index in [1.165, 1.54) is 0 Å². The fraction of sp³-hybridized carbons (Fsp3) is 0.231. The molecule has 33 heavy (non-hydrogen) atoms. The molecule has 0 aliphatic rings. The number of ketones is 1. The van der Waals surface area contributed by atoms with Crippen molar-refractivity contribution in [3.63, 3.8) is 0 Å². The fourth-order valence-electron chi connectivity index (χ4n) is 3.72. The summed E-state index contributed by atoms with van der Waals surface area (Å²) < 4.78 is 13.0. The Bertz CT molecular complexity index is 1300. The van der Waals surface area contributed by atoms with Crippen molar-refractivity contribution in [1.82, 2.24) is 9.38 Å². The molecule has 2 heterocycles. The van der Waals surface area contributed by atoms with Gasteiger partial charge in [0.05, 0.1) is 37.8 Å². The van der Waals surface area contributed by atoms with E-state index in [2.05, 4.69) is 22.0 Å². The van der Waals surface area contributed by atoms with Gasteiger partial charge in [0, 0.05) is 35.6 Å². The van der Waals surface area contributed by atoms with E-state index < -0.39 is 0 Å². The van der Waals surface area contributed by atoms with Crippen molar-refractivity contribution in [2.45, 2.75) is 20.3 Å². The lowest BCUT2D eigenvalue weighted by Gasteiger charge is -2.14. The van der Waals surface area contributed by atoms with Crippen LogP contribution in [-0.4, -0.2) is 35.9 Å². The van der Waals surface area contributed by atoms with Crippen LogP contribution in [-0.2, 0) is 4.79 Å². The predicted octanol–water partition coefficient (Wildman–Crippen LogP) is 5.46. The maximum Gasteiger partial charge on any atom is 0.161 e. The smallest absolute Gasteiger partial charge is 0.161 e. The summed E-state index contributed by atoms with van der Waals surface area (Å²) in [6.45, 7) is 4.19. The first-order valence-electron chi connectivity index (χ1n) is 10.9. The summed E-state index contributed by atoms with van der Waals surface area (Å²) in [6, 6.07) is 17.6. The zero-order chi connectivity index (χ0) is 23.4. The average molecular weight is 445 g/mol. The lowest BCUT2D eigenvalue weighted by atomic mass is 10.1. The SMILES string of the molecule is CCC(=O)CNc1ccc(Nc2cccn3c(C)c(-c4cccc(OC)c4)nc23)cc1OC. The number of aryl methyl sites for hydroxylation is 1. The second-order valence-electron chi connectivity index (χ2n) is 7.68. The highest BCUT2D eigenvalue weighted by atomic mass is 16.5. The van der Waals surface area contributed by atoms with Gasteiger partial charge in [-0.05, 0) is 43.3 Å². The van der Waals surface area contributed by atoms with Crippen molar-refractivity contribution in [2.24, 2.45) is 0 Å². The Morgan fingerprint density at radius 1 is 1.03 bits per heavy atom. The molecule has 0 saturated heterocycles. The molecule has 0 unspecified atom stereocenters. The van der Waals surface area contributed by atoms with Crippen LogP contribution >= 0.6 is 0 Å². The first kappa shape index (κ1) is 22.2. The van der Waals surface area contributed by atoms with E-state index in [0.29, 0.717) is 12.2 Å². The van der Waals surface area contributed by atoms with E-state index in [0.717, 1.165) is 45.4 Å². The van der Waals surface area contributed by atoms with Crippen LogP contribution in [0.4, 0.5) is 17.1 Å². The third-order valence-electron chi connectivity index (χ3n) is 5.58. The van der Waals surface area contributed by atoms with Gasteiger partial charge in [-0.3, -0.25) is 4.79 Å². The molecule has 2 aromatic carbocycles. The van der Waals surface area contributed by atoms with Crippen LogP contribution < -0.4 is 20.1 Å². The standard InChI is InChI=1S/C26H28N4O3/c1-5-20(31)16-27-22-12-11-19(15-24(22)33-4)28-23-10-7-13-30-17(2)25(29-26(23)30)18-8-6-9-21(14-18)32-3/h6-15,27-28H,5,16H2,1-4H3. The topological polar surface area (TPSA) is 76.9 Å². The quantitative estimate of drug-likeness (QED) is 0.357. The van der Waals surface area contributed by atoms with Crippen LogP contribution in [0.5, 0.6) is 11.5 Å². The molecule has 0 aliphatic carbocycles. The zero-order valence-electron chi connectivity index (χ0n) is 19.3. The second kappa shape index (κ2) is 9.65. The molecule has 170 valence electrons. The van der Waals surface area contributed by atoms with Crippen molar-refractivity contribution < 1.29 is 14.3 Å². The summed E-state index contributed by atoms with van der Waals surface area (Å²) in [4.78, 5) is 16.6. The lowest BCUT2D eigenvalue weighted by Crippen LogP contribution is -2.13. The Balaban J connectivity index is 1.66. The molecule has 4 aromatic rings. The number of Topliss-reactive ketones (excluding diaryl/α,β-unsaturated/α-hetero) is 1. The highest BCUT2D eigenvalue weighted by Gasteiger charge is 2.14. The Kier molecular flexibility index (Phi) is 6.49. The summed E-state index contributed by atoms with van der Waals surface area (Å²) >= 11 is 0. The minimum Gasteiger partial charge on any atom is -0.497 e. The van der Waals surface area contributed by atoms with Gasteiger partial charge >= 0.3 is 0 Å². The number of imidazole rings is 1. The second-order valence-corrected chi connectivity index (χ2v) is 7.68. The van der Waals surface area contributed by atoms with Crippen LogP contribution in [0.1, 0.15) is 19.0 Å². The highest BCUT2D eigenvalue weighted by Crippen LogP contribution is 2.33. The first-order valence-corrected chi connectivity index (χ1v) is 10.9. The molecular formula is C26H28N4O3. The lowest BCUT2D eigenvalue weighted by molar-refractivity contribution is -0.117. The van der Waals surface area contributed by atoms with Crippen molar-refractivity contribution in [3.05, 3.63) is 66.5 Å². The monoisotopic (exact) mass is 444 g/mol. The van der Waals surface area contributed by atoms with Gasteiger partial charge in [-0.1, -0.05) is 19.1 Å². The van der Waals surface area contributed by atoms with E-state index in [1.54, 1.807) is 14.2 Å². The number of fused-ring (bicyclic) bond motifs is 1. The van der Waals surface area contributed by atoms with Gasteiger partial charge in [0.1, 0.15) is 11.5 Å². The van der Waals surface area contributed by atoms with Gasteiger partial charge in [-0.25, -0.2) is 4.98 Å². The maximum atomic E-state index is 11.7. The number of hydrogen-bond donors (Lipinski definition) is 2. The number of carbonyl (C=O) groups excluding carboxylic acids is 1. The number of aromatic nitrogens is 2. The van der Waals surface area contributed by atoms with E-state index in [9.17, 15) is 4.79 Å². The average Bonchev–Trinajstić information content (AvgIpc) is 3.20. The van der Waals surface area contributed by atoms with Crippen molar-refractivity contribution in [3.8, 4) is 22.8 Å². The van der Waals surface area contributed by atoms with Crippen molar-refractivity contribution in [1.29, 1.82) is 0 Å². The summed E-state index contributed by atoms with van der Waals surface area (Å²) in [7, 11) is 3.28. The van der Waals surface area contributed by atoms with Gasteiger partial charge in [-0.2, -0.15) is 0 Å². The normalized spacial score (nSPS) is 10.8. The fourth-order valence-corrected chi connectivity index (χ4v) is 3.72. The molecule has 0 spiro atoms. The van der Waals surface area contributed by atoms with Gasteiger partial charge in [0.15, 0.2) is 11.4 Å². The number of pyridine rings is 1. The number of ether oxygens (including phenoxy) is 2. The molecule has 2 N–H and O–H groups in total. The van der Waals surface area contributed by atoms with Crippen LogP contribution in [0.2, 0.25) is 0 Å². The van der Waals surface area contributed by atoms with Crippen LogP contribution in [0.25, 0.3) is 16.9 Å². The molecule has 0 radical (unpaired) electrons. The molecule has 7 heteroatoms. The third-order valence-corrected chi connectivity index (χ3v) is 5.58. The highest BCUT2D eigenvalue weighted by molar-refractivity contribution is 5.84. The molecule has 0 fully saturated rings. The molecule has 0 amide bonds. The number of nitrogens with one attached hydrogen (secondary N) is 2. The predicted molar refractivity (Wildman–Crippen MR) is 132 cm³/mol. The van der Waals surface area contributed by atoms with E-state index in [4.69, 9.17) is 14.5 Å². The maximum absolute atomic E-state index is 11.7. The number of methoxy groups -OCH3 is 2. The van der Waals surface area contributed by atoms with Gasteiger partial charge < -0.3 is 24.5 Å². The summed E-state index contributed by atoms with van der Waals surface area (Å²) in [6.07, 6.45) is 2.51. The molecule has 0 atom stereocenters. The number of nitrogens with zero attached hydrogens (tertiary/aromatic N) is 2. The summed E-state index contributed by atoms with van der Waals surface area (Å²) in [5.74, 6) is 1.60. The number of anilines is 3. The summed E-state index contributed by atoms with van der Waals surface area (Å²) in [5, 5.41) is 6.60. The minimum absolute atomic E-state index is 0.146. The van der Waals surface area contributed by atoms with Crippen LogP contribution in [0.15, 0.2) is 60.8 Å². The van der Waals surface area contributed by atoms with E-state index in [-0.39, 0.29) is 12.3 Å². The number of benzene rings is 2. The molecular weight excluding hydrogens is 416 g/mol. The Labute approximate surface area is 193 Å². The van der Waals surface area contributed by atoms with Crippen LogP contribution in [0, 0.1) is 6.92 Å². The zero-order valence-corrected chi connectivity index (χ0v) is 19.3. The third kappa shape index (κ3) is 4.62. The van der Waals surface area contributed by atoms with Gasteiger partial charge in [0.2, 0.25) is 0 Å². The van der Waals surface area contributed by atoms with Gasteiger partial charge in [0.25, 0.3) is 0 Å². The van der Waals surface area contributed by atoms with Crippen molar-refractivity contribution in [2.75, 3.05) is 31.4 Å². The number of hydrogen-bond acceptors (Lipinski definition) is 6. The first-order chi connectivity index (χ1) is 16.0. The van der Waals surface area contributed by atoms with E-state index in [1.807, 2.05) is 67.7 Å². The van der Waals surface area contributed by atoms with E-state index >= 15 is 0 Å². The number of carbonyl (C=O) groups is 1. The Morgan fingerprint density at radius 3 is 2.64 bits per heavy atom. The van der Waals surface area contributed by atoms with Crippen LogP contribution in [0.3, 0.4) is 0 Å². The van der Waals surface area contributed by atoms with Gasteiger partial charge in [-0.15, -0.1) is 0 Å². The molecule has 0 saturated carbocycles. The minimum atomic E-state index is 0.146. The molecule has 4 rings (SSSR count). The largest absolute Gasteiger partial charge is 0.497 e. The molecule has 0 bridgehead atoms. The Morgan fingerprint density at radius 2 is 1.88 bits per heavy atom. The molecule has 7 nitrogen and oxygen atoms in total.